The van der Waals surface area contributed by atoms with Crippen molar-refractivity contribution in [1.82, 2.24) is 4.98 Å². The van der Waals surface area contributed by atoms with Crippen molar-refractivity contribution in [2.75, 3.05) is 0 Å². The fourth-order valence-corrected chi connectivity index (χ4v) is 1.66. The molecule has 0 spiro atoms. The Kier molecular flexibility index (Phi) is 4.88. The molecule has 7 heteroatoms. The van der Waals surface area contributed by atoms with Gasteiger partial charge in [-0.1, -0.05) is 0 Å². The van der Waals surface area contributed by atoms with Crippen LogP contribution in [0.5, 0.6) is 5.75 Å². The van der Waals surface area contributed by atoms with Crippen molar-refractivity contribution in [3.8, 4) is 18.1 Å². The molecule has 1 aromatic rings. The lowest BCUT2D eigenvalue weighted by atomic mass is 10.1. The molecule has 3 N–H and O–H groups in total. The van der Waals surface area contributed by atoms with E-state index in [0.29, 0.717) is 29.7 Å². The number of aryl methyl sites for hydroxylation is 1. The highest BCUT2D eigenvalue weighted by atomic mass is 31.2. The highest BCUT2D eigenvalue weighted by Gasteiger charge is 2.16. The summed E-state index contributed by atoms with van der Waals surface area (Å²) in [6.45, 7) is 1.31. The average molecular weight is 271 g/mol. The second-order valence-electron chi connectivity index (χ2n) is 3.67. The number of aromatic nitrogens is 1. The number of phosphoric ester groups is 1. The number of hydrogen-bond donors (Lipinski definition) is 3. The van der Waals surface area contributed by atoms with Gasteiger partial charge < -0.3 is 14.9 Å². The van der Waals surface area contributed by atoms with Crippen molar-refractivity contribution in [3.63, 3.8) is 0 Å². The number of aromatic hydroxyl groups is 1. The van der Waals surface area contributed by atoms with E-state index < -0.39 is 7.82 Å². The van der Waals surface area contributed by atoms with Crippen LogP contribution in [-0.2, 0) is 22.1 Å². The first-order valence-corrected chi connectivity index (χ1v) is 6.68. The van der Waals surface area contributed by atoms with Gasteiger partial charge in [-0.15, -0.1) is 12.3 Å². The van der Waals surface area contributed by atoms with E-state index in [1.54, 1.807) is 6.92 Å². The predicted octanol–water partition coefficient (Wildman–Crippen LogP) is 1.27. The van der Waals surface area contributed by atoms with Gasteiger partial charge in [0.05, 0.1) is 12.3 Å². The molecule has 6 nitrogen and oxygen atoms in total. The third-order valence-electron chi connectivity index (χ3n) is 2.38. The molecule has 0 aromatic carbocycles. The van der Waals surface area contributed by atoms with Crippen LogP contribution in [0.15, 0.2) is 6.20 Å². The van der Waals surface area contributed by atoms with Crippen LogP contribution in [0.1, 0.15) is 23.2 Å². The summed E-state index contributed by atoms with van der Waals surface area (Å²) in [6.07, 6.45) is 7.44. The molecule has 1 rings (SSSR count). The molecule has 0 saturated carbocycles. The fraction of sp³-hybridized carbons (Fsp3) is 0.364. The minimum Gasteiger partial charge on any atom is -0.506 e. The van der Waals surface area contributed by atoms with Gasteiger partial charge in [0.15, 0.2) is 0 Å². The molecular weight excluding hydrogens is 257 g/mol. The number of rotatable bonds is 5. The van der Waals surface area contributed by atoms with Crippen molar-refractivity contribution in [3.05, 3.63) is 23.0 Å². The van der Waals surface area contributed by atoms with Crippen molar-refractivity contribution in [2.45, 2.75) is 26.4 Å². The van der Waals surface area contributed by atoms with Gasteiger partial charge in [0.2, 0.25) is 0 Å². The van der Waals surface area contributed by atoms with Crippen LogP contribution in [0, 0.1) is 19.3 Å². The molecule has 0 aliphatic carbocycles. The van der Waals surface area contributed by atoms with Gasteiger partial charge in [0.25, 0.3) is 0 Å². The summed E-state index contributed by atoms with van der Waals surface area (Å²) < 4.78 is 14.9. The van der Waals surface area contributed by atoms with Crippen LogP contribution >= 0.6 is 7.82 Å². The van der Waals surface area contributed by atoms with Crippen molar-refractivity contribution in [1.29, 1.82) is 0 Å². The van der Waals surface area contributed by atoms with Crippen LogP contribution in [0.3, 0.4) is 0 Å². The smallest absolute Gasteiger partial charge is 0.469 e. The number of phosphoric acid groups is 1. The van der Waals surface area contributed by atoms with Gasteiger partial charge >= 0.3 is 7.82 Å². The van der Waals surface area contributed by atoms with E-state index in [0.717, 1.165) is 0 Å². The zero-order chi connectivity index (χ0) is 13.8. The molecule has 1 aromatic heterocycles. The minimum absolute atomic E-state index is 0.0166. The predicted molar refractivity (Wildman–Crippen MR) is 64.6 cm³/mol. The number of terminal acetylenes is 1. The summed E-state index contributed by atoms with van der Waals surface area (Å²) in [7, 11) is -4.53. The van der Waals surface area contributed by atoms with Crippen molar-refractivity contribution < 1.29 is 24.0 Å². The van der Waals surface area contributed by atoms with E-state index in [-0.39, 0.29) is 12.4 Å². The van der Waals surface area contributed by atoms with Crippen LogP contribution < -0.4 is 0 Å². The molecule has 0 bridgehead atoms. The molecule has 0 saturated heterocycles. The molecule has 0 atom stereocenters. The van der Waals surface area contributed by atoms with Gasteiger partial charge in [0, 0.05) is 24.6 Å². The van der Waals surface area contributed by atoms with Crippen LogP contribution in [0.4, 0.5) is 0 Å². The Labute approximate surface area is 105 Å². The van der Waals surface area contributed by atoms with E-state index in [1.165, 1.54) is 6.20 Å². The lowest BCUT2D eigenvalue weighted by Crippen LogP contribution is -1.99. The van der Waals surface area contributed by atoms with E-state index in [9.17, 15) is 9.67 Å². The molecule has 98 valence electrons. The summed E-state index contributed by atoms with van der Waals surface area (Å²) in [5.41, 5.74) is 1.36. The molecule has 0 fully saturated rings. The first-order chi connectivity index (χ1) is 8.35. The van der Waals surface area contributed by atoms with Crippen LogP contribution in [-0.4, -0.2) is 19.9 Å². The quantitative estimate of drug-likeness (QED) is 0.551. The molecule has 0 aliphatic heterocycles. The Hall–Kier alpha value is -1.38. The Morgan fingerprint density at radius 2 is 2.22 bits per heavy atom. The van der Waals surface area contributed by atoms with Crippen LogP contribution in [0.2, 0.25) is 0 Å². The van der Waals surface area contributed by atoms with E-state index >= 15 is 0 Å². The summed E-state index contributed by atoms with van der Waals surface area (Å²) >= 11 is 0. The van der Waals surface area contributed by atoms with Crippen molar-refractivity contribution in [2.24, 2.45) is 0 Å². The van der Waals surface area contributed by atoms with Crippen LogP contribution in [0.25, 0.3) is 0 Å². The normalized spacial score (nSPS) is 11.2. The monoisotopic (exact) mass is 271 g/mol. The highest BCUT2D eigenvalue weighted by Crippen LogP contribution is 2.37. The van der Waals surface area contributed by atoms with E-state index in [1.807, 2.05) is 0 Å². The Morgan fingerprint density at radius 3 is 2.78 bits per heavy atom. The number of nitrogens with zero attached hydrogens (tertiary/aromatic N) is 1. The highest BCUT2D eigenvalue weighted by molar-refractivity contribution is 7.46. The van der Waals surface area contributed by atoms with E-state index in [4.69, 9.17) is 16.2 Å². The largest absolute Gasteiger partial charge is 0.506 e. The maximum Gasteiger partial charge on any atom is 0.469 e. The Balaban J connectivity index is 2.87. The van der Waals surface area contributed by atoms with Gasteiger partial charge in [-0.2, -0.15) is 0 Å². The third kappa shape index (κ3) is 4.13. The van der Waals surface area contributed by atoms with Gasteiger partial charge in [0.1, 0.15) is 5.75 Å². The molecule has 0 aliphatic rings. The molecule has 0 radical (unpaired) electrons. The maximum atomic E-state index is 10.6. The molecule has 0 unspecified atom stereocenters. The number of pyridine rings is 1. The maximum absolute atomic E-state index is 10.6. The summed E-state index contributed by atoms with van der Waals surface area (Å²) in [5, 5.41) is 9.85. The summed E-state index contributed by atoms with van der Waals surface area (Å²) in [4.78, 5) is 21.2. The second-order valence-corrected chi connectivity index (χ2v) is 4.91. The van der Waals surface area contributed by atoms with Crippen molar-refractivity contribution >= 4 is 7.82 Å². The first kappa shape index (κ1) is 14.7. The minimum atomic E-state index is -4.53. The SMILES string of the molecule is C#CCCc1ncc(COP(=O)(O)O)c(C)c1O. The Bertz CT molecular complexity index is 517. The lowest BCUT2D eigenvalue weighted by Gasteiger charge is -2.11. The zero-order valence-electron chi connectivity index (χ0n) is 9.83. The second kappa shape index (κ2) is 5.98. The third-order valence-corrected chi connectivity index (χ3v) is 2.85. The van der Waals surface area contributed by atoms with Gasteiger partial charge in [-0.25, -0.2) is 4.57 Å². The first-order valence-electron chi connectivity index (χ1n) is 5.15. The topological polar surface area (TPSA) is 99.9 Å². The van der Waals surface area contributed by atoms with Gasteiger partial charge in [-0.05, 0) is 12.5 Å². The zero-order valence-corrected chi connectivity index (χ0v) is 10.7. The fourth-order valence-electron chi connectivity index (χ4n) is 1.35. The lowest BCUT2D eigenvalue weighted by molar-refractivity contribution is 0.188. The average Bonchev–Trinajstić information content (AvgIpc) is 2.28. The molecule has 18 heavy (non-hydrogen) atoms. The molecule has 1 heterocycles. The molecular formula is C11H14NO5P. The molecule has 0 amide bonds. The van der Waals surface area contributed by atoms with E-state index in [2.05, 4.69) is 15.4 Å². The van der Waals surface area contributed by atoms with Gasteiger partial charge in [-0.3, -0.25) is 9.51 Å². The standard InChI is InChI=1S/C11H14NO5P/c1-3-4-5-10-11(13)8(2)9(6-12-10)7-17-18(14,15)16/h1,6,13H,4-5,7H2,2H3,(H2,14,15,16). The Morgan fingerprint density at radius 1 is 1.56 bits per heavy atom. The number of hydrogen-bond acceptors (Lipinski definition) is 4. The summed E-state index contributed by atoms with van der Waals surface area (Å²) in [5.74, 6) is 2.43. The summed E-state index contributed by atoms with van der Waals surface area (Å²) in [6, 6.07) is 0.